The topological polar surface area (TPSA) is 85.5 Å². The summed E-state index contributed by atoms with van der Waals surface area (Å²) < 4.78 is 15.5. The van der Waals surface area contributed by atoms with E-state index in [0.29, 0.717) is 22.6 Å². The van der Waals surface area contributed by atoms with Gasteiger partial charge in [0.05, 0.1) is 24.1 Å². The van der Waals surface area contributed by atoms with Crippen molar-refractivity contribution in [2.75, 3.05) is 26.6 Å². The number of ether oxygens (including phenoxy) is 3. The van der Waals surface area contributed by atoms with Gasteiger partial charge in [0.1, 0.15) is 5.75 Å². The number of aromatic amines is 1. The van der Waals surface area contributed by atoms with E-state index in [4.69, 9.17) is 14.2 Å². The van der Waals surface area contributed by atoms with Crippen LogP contribution in [-0.2, 0) is 9.47 Å². The highest BCUT2D eigenvalue weighted by Gasteiger charge is 2.16. The van der Waals surface area contributed by atoms with E-state index in [0.717, 1.165) is 0 Å². The van der Waals surface area contributed by atoms with Gasteiger partial charge in [-0.1, -0.05) is 0 Å². The molecule has 0 fully saturated rings. The molecule has 21 heavy (non-hydrogen) atoms. The molecular formula is C14H19N3O4. The molecule has 1 atom stereocenters. The summed E-state index contributed by atoms with van der Waals surface area (Å²) in [5.41, 5.74) is 0.336. The fourth-order valence-electron chi connectivity index (χ4n) is 2.10. The van der Waals surface area contributed by atoms with Crippen molar-refractivity contribution in [3.05, 3.63) is 28.6 Å². The van der Waals surface area contributed by atoms with Crippen molar-refractivity contribution in [3.8, 4) is 5.75 Å². The lowest BCUT2D eigenvalue weighted by atomic mass is 10.2. The smallest absolute Gasteiger partial charge is 0.260 e. The SMILES string of the molecule is COc1ccc2c(=O)[nH]c(NC(C)C(OC)OC)nc2c1. The molecule has 0 saturated carbocycles. The van der Waals surface area contributed by atoms with E-state index < -0.39 is 6.29 Å². The molecule has 1 heterocycles. The van der Waals surface area contributed by atoms with E-state index in [2.05, 4.69) is 15.3 Å². The van der Waals surface area contributed by atoms with Gasteiger partial charge in [0.15, 0.2) is 6.29 Å². The van der Waals surface area contributed by atoms with Gasteiger partial charge in [-0.3, -0.25) is 9.78 Å². The predicted octanol–water partition coefficient (Wildman–Crippen LogP) is 1.35. The number of fused-ring (bicyclic) bond motifs is 1. The van der Waals surface area contributed by atoms with E-state index in [1.54, 1.807) is 39.5 Å². The lowest BCUT2D eigenvalue weighted by molar-refractivity contribution is -0.109. The summed E-state index contributed by atoms with van der Waals surface area (Å²) in [5, 5.41) is 3.56. The summed E-state index contributed by atoms with van der Waals surface area (Å²) in [6.45, 7) is 1.87. The number of rotatable bonds is 6. The van der Waals surface area contributed by atoms with Crippen molar-refractivity contribution in [1.29, 1.82) is 0 Å². The molecule has 2 N–H and O–H groups in total. The van der Waals surface area contributed by atoms with Crippen LogP contribution in [0, 0.1) is 0 Å². The van der Waals surface area contributed by atoms with E-state index in [1.807, 2.05) is 6.92 Å². The standard InChI is InChI=1S/C14H19N3O4/c1-8(13(20-3)21-4)15-14-16-11-7-9(19-2)5-6-10(11)12(18)17-14/h5-8,13H,1-4H3,(H2,15,16,17,18). The van der Waals surface area contributed by atoms with Crippen LogP contribution in [0.5, 0.6) is 5.75 Å². The van der Waals surface area contributed by atoms with Gasteiger partial charge in [-0.2, -0.15) is 0 Å². The number of hydrogen-bond acceptors (Lipinski definition) is 6. The van der Waals surface area contributed by atoms with Crippen molar-refractivity contribution in [3.63, 3.8) is 0 Å². The Morgan fingerprint density at radius 2 is 1.95 bits per heavy atom. The molecule has 1 aromatic heterocycles. The fourth-order valence-corrected chi connectivity index (χ4v) is 2.10. The predicted molar refractivity (Wildman–Crippen MR) is 79.8 cm³/mol. The van der Waals surface area contributed by atoms with Crippen molar-refractivity contribution in [2.24, 2.45) is 0 Å². The monoisotopic (exact) mass is 293 g/mol. The first kappa shape index (κ1) is 15.3. The summed E-state index contributed by atoms with van der Waals surface area (Å²) >= 11 is 0. The Bertz CT molecular complexity index is 667. The first-order chi connectivity index (χ1) is 10.1. The zero-order chi connectivity index (χ0) is 15.4. The zero-order valence-electron chi connectivity index (χ0n) is 12.5. The Morgan fingerprint density at radius 3 is 2.57 bits per heavy atom. The summed E-state index contributed by atoms with van der Waals surface area (Å²) in [6, 6.07) is 4.93. The van der Waals surface area contributed by atoms with E-state index in [1.165, 1.54) is 0 Å². The minimum Gasteiger partial charge on any atom is -0.497 e. The van der Waals surface area contributed by atoms with Crippen LogP contribution in [0.3, 0.4) is 0 Å². The molecule has 1 unspecified atom stereocenters. The molecule has 0 radical (unpaired) electrons. The number of methoxy groups -OCH3 is 3. The molecular weight excluding hydrogens is 274 g/mol. The average Bonchev–Trinajstić information content (AvgIpc) is 2.47. The average molecular weight is 293 g/mol. The molecule has 0 bridgehead atoms. The van der Waals surface area contributed by atoms with Gasteiger partial charge in [-0.25, -0.2) is 4.98 Å². The van der Waals surface area contributed by atoms with Gasteiger partial charge in [0.25, 0.3) is 5.56 Å². The van der Waals surface area contributed by atoms with Crippen molar-refractivity contribution >= 4 is 16.9 Å². The lowest BCUT2D eigenvalue weighted by Gasteiger charge is -2.22. The van der Waals surface area contributed by atoms with Gasteiger partial charge in [0.2, 0.25) is 5.95 Å². The first-order valence-corrected chi connectivity index (χ1v) is 6.49. The van der Waals surface area contributed by atoms with Crippen LogP contribution >= 0.6 is 0 Å². The molecule has 0 aliphatic carbocycles. The second kappa shape index (κ2) is 6.55. The van der Waals surface area contributed by atoms with Crippen LogP contribution in [0.25, 0.3) is 10.9 Å². The Labute approximate surface area is 122 Å². The van der Waals surface area contributed by atoms with Crippen LogP contribution in [0.15, 0.2) is 23.0 Å². The van der Waals surface area contributed by atoms with Crippen LogP contribution in [-0.4, -0.2) is 43.6 Å². The maximum atomic E-state index is 12.1. The van der Waals surface area contributed by atoms with Crippen LogP contribution in [0.1, 0.15) is 6.92 Å². The van der Waals surface area contributed by atoms with E-state index >= 15 is 0 Å². The number of H-pyrrole nitrogens is 1. The molecule has 0 aliphatic heterocycles. The van der Waals surface area contributed by atoms with Crippen LogP contribution in [0.4, 0.5) is 5.95 Å². The lowest BCUT2D eigenvalue weighted by Crippen LogP contribution is -2.34. The van der Waals surface area contributed by atoms with Gasteiger partial charge in [0, 0.05) is 20.3 Å². The molecule has 114 valence electrons. The Balaban J connectivity index is 2.34. The fraction of sp³-hybridized carbons (Fsp3) is 0.429. The Morgan fingerprint density at radius 1 is 1.24 bits per heavy atom. The second-order valence-electron chi connectivity index (χ2n) is 4.57. The molecule has 7 nitrogen and oxygen atoms in total. The maximum Gasteiger partial charge on any atom is 0.260 e. The summed E-state index contributed by atoms with van der Waals surface area (Å²) in [4.78, 5) is 19.1. The first-order valence-electron chi connectivity index (χ1n) is 6.49. The number of hydrogen-bond donors (Lipinski definition) is 2. The third kappa shape index (κ3) is 3.32. The molecule has 1 aromatic carbocycles. The molecule has 7 heteroatoms. The number of nitrogens with zero attached hydrogens (tertiary/aromatic N) is 1. The highest BCUT2D eigenvalue weighted by molar-refractivity contribution is 5.80. The third-order valence-electron chi connectivity index (χ3n) is 3.15. The molecule has 2 rings (SSSR count). The van der Waals surface area contributed by atoms with E-state index in [-0.39, 0.29) is 11.6 Å². The second-order valence-corrected chi connectivity index (χ2v) is 4.57. The minimum absolute atomic E-state index is 0.189. The molecule has 0 spiro atoms. The highest BCUT2D eigenvalue weighted by Crippen LogP contribution is 2.17. The summed E-state index contributed by atoms with van der Waals surface area (Å²) in [7, 11) is 4.67. The van der Waals surface area contributed by atoms with Crippen molar-refractivity contribution in [2.45, 2.75) is 19.3 Å². The van der Waals surface area contributed by atoms with Gasteiger partial charge < -0.3 is 19.5 Å². The van der Waals surface area contributed by atoms with Gasteiger partial charge in [-0.05, 0) is 19.1 Å². The number of anilines is 1. The zero-order valence-corrected chi connectivity index (χ0v) is 12.5. The Kier molecular flexibility index (Phi) is 4.77. The number of benzene rings is 1. The maximum absolute atomic E-state index is 12.1. The van der Waals surface area contributed by atoms with Gasteiger partial charge in [-0.15, -0.1) is 0 Å². The van der Waals surface area contributed by atoms with Crippen LogP contribution < -0.4 is 15.6 Å². The molecule has 0 amide bonds. The number of aromatic nitrogens is 2. The molecule has 0 aliphatic rings. The summed E-state index contributed by atoms with van der Waals surface area (Å²) in [6.07, 6.45) is -0.448. The Hall–Kier alpha value is -2.12. The minimum atomic E-state index is -0.448. The third-order valence-corrected chi connectivity index (χ3v) is 3.15. The quantitative estimate of drug-likeness (QED) is 0.782. The number of nitrogens with one attached hydrogen (secondary N) is 2. The summed E-state index contributed by atoms with van der Waals surface area (Å²) in [5.74, 6) is 0.999. The van der Waals surface area contributed by atoms with Crippen molar-refractivity contribution in [1.82, 2.24) is 9.97 Å². The largest absolute Gasteiger partial charge is 0.497 e. The van der Waals surface area contributed by atoms with E-state index in [9.17, 15) is 4.79 Å². The van der Waals surface area contributed by atoms with Gasteiger partial charge >= 0.3 is 0 Å². The molecule has 2 aromatic rings. The normalized spacial score (nSPS) is 12.6. The molecule has 0 saturated heterocycles. The highest BCUT2D eigenvalue weighted by atomic mass is 16.7. The van der Waals surface area contributed by atoms with Crippen molar-refractivity contribution < 1.29 is 14.2 Å². The van der Waals surface area contributed by atoms with Crippen LogP contribution in [0.2, 0.25) is 0 Å².